The third kappa shape index (κ3) is 8.33. The molecule has 160 valence electrons. The zero-order valence-electron chi connectivity index (χ0n) is 16.5. The molecule has 3 unspecified atom stereocenters. The Bertz CT molecular complexity index is 692. The second-order valence-corrected chi connectivity index (χ2v) is 8.42. The number of unbranched alkanes of at least 4 members (excludes halogenated alkanes) is 1. The number of carbonyl (C=O) groups is 3. The predicted molar refractivity (Wildman–Crippen MR) is 111 cm³/mol. The Hall–Kier alpha value is -2.26. The molecule has 0 bridgehead atoms. The van der Waals surface area contributed by atoms with Crippen LogP contribution in [0.4, 0.5) is 0 Å². The molecule has 8 nitrogen and oxygen atoms in total. The maximum atomic E-state index is 12.5. The first-order valence-electron chi connectivity index (χ1n) is 9.84. The molecule has 0 saturated carbocycles. The Labute approximate surface area is 175 Å². The lowest BCUT2D eigenvalue weighted by Gasteiger charge is -2.20. The summed E-state index contributed by atoms with van der Waals surface area (Å²) in [4.78, 5) is 35.9. The van der Waals surface area contributed by atoms with E-state index in [1.807, 2.05) is 0 Å². The summed E-state index contributed by atoms with van der Waals surface area (Å²) in [6.45, 7) is 2.40. The summed E-state index contributed by atoms with van der Waals surface area (Å²) in [6.07, 6.45) is 4.40. The van der Waals surface area contributed by atoms with Gasteiger partial charge in [0.25, 0.3) is 0 Å². The number of carboxylic acid groups (broad SMARTS) is 1. The fourth-order valence-corrected chi connectivity index (χ4v) is 4.03. The molecule has 1 aliphatic heterocycles. The standard InChI is InChI=1S/C20H29N3O5S/c1-13(20(27)28)22-19(26)17(12-14-6-8-15(24)9-7-14)23-18(25)5-3-2-4-16-10-11-21-29-16/h6-9,13,16-17,21,24H,2-5,10-12H2,1H3,(H,22,26)(H,23,25)(H,27,28). The molecule has 1 fully saturated rings. The van der Waals surface area contributed by atoms with Crippen molar-refractivity contribution in [3.8, 4) is 5.75 Å². The number of phenolic OH excluding ortho intramolecular Hbond substituents is 1. The summed E-state index contributed by atoms with van der Waals surface area (Å²) < 4.78 is 3.25. The minimum atomic E-state index is -1.15. The molecule has 1 heterocycles. The molecule has 1 aromatic carbocycles. The first kappa shape index (κ1) is 23.0. The number of aliphatic carboxylic acids is 1. The lowest BCUT2D eigenvalue weighted by Crippen LogP contribution is -2.51. The monoisotopic (exact) mass is 423 g/mol. The largest absolute Gasteiger partial charge is 0.508 e. The third-order valence-electron chi connectivity index (χ3n) is 4.76. The van der Waals surface area contributed by atoms with Gasteiger partial charge in [-0.25, -0.2) is 0 Å². The van der Waals surface area contributed by atoms with Crippen LogP contribution in [0.1, 0.15) is 44.6 Å². The van der Waals surface area contributed by atoms with Crippen molar-refractivity contribution >= 4 is 29.7 Å². The van der Waals surface area contributed by atoms with Crippen LogP contribution in [0.5, 0.6) is 5.75 Å². The van der Waals surface area contributed by atoms with Gasteiger partial charge in [0.2, 0.25) is 11.8 Å². The van der Waals surface area contributed by atoms with Gasteiger partial charge in [-0.3, -0.25) is 19.1 Å². The molecule has 0 aliphatic carbocycles. The minimum absolute atomic E-state index is 0.105. The van der Waals surface area contributed by atoms with Crippen LogP contribution in [-0.2, 0) is 20.8 Å². The van der Waals surface area contributed by atoms with Crippen molar-refractivity contribution in [2.45, 2.75) is 62.8 Å². The number of nitrogens with one attached hydrogen (secondary N) is 3. The van der Waals surface area contributed by atoms with E-state index >= 15 is 0 Å². The van der Waals surface area contributed by atoms with Crippen LogP contribution >= 0.6 is 11.9 Å². The van der Waals surface area contributed by atoms with E-state index in [1.165, 1.54) is 19.1 Å². The number of aromatic hydroxyl groups is 1. The van der Waals surface area contributed by atoms with E-state index in [2.05, 4.69) is 15.4 Å². The van der Waals surface area contributed by atoms with Gasteiger partial charge in [-0.15, -0.1) is 0 Å². The number of hydrogen-bond donors (Lipinski definition) is 5. The summed E-state index contributed by atoms with van der Waals surface area (Å²) in [5.41, 5.74) is 0.747. The molecule has 9 heteroatoms. The SMILES string of the molecule is CC(NC(=O)C(Cc1ccc(O)cc1)NC(=O)CCCCC1CCNS1)C(=O)O. The highest BCUT2D eigenvalue weighted by molar-refractivity contribution is 7.98. The Morgan fingerprint density at radius 2 is 1.93 bits per heavy atom. The van der Waals surface area contributed by atoms with Gasteiger partial charge in [0.05, 0.1) is 0 Å². The average molecular weight is 424 g/mol. The van der Waals surface area contributed by atoms with Gasteiger partial charge in [-0.1, -0.05) is 30.5 Å². The molecule has 0 radical (unpaired) electrons. The molecule has 2 amide bonds. The van der Waals surface area contributed by atoms with E-state index in [4.69, 9.17) is 5.11 Å². The number of benzene rings is 1. The van der Waals surface area contributed by atoms with Gasteiger partial charge < -0.3 is 20.8 Å². The number of amides is 2. The van der Waals surface area contributed by atoms with Crippen LogP contribution in [0.25, 0.3) is 0 Å². The highest BCUT2D eigenvalue weighted by Gasteiger charge is 2.24. The first-order valence-corrected chi connectivity index (χ1v) is 10.7. The molecular formula is C20H29N3O5S. The number of carbonyl (C=O) groups excluding carboxylic acids is 2. The topological polar surface area (TPSA) is 128 Å². The number of phenols is 1. The molecule has 1 saturated heterocycles. The molecule has 2 rings (SSSR count). The Kier molecular flexibility index (Phi) is 9.27. The highest BCUT2D eigenvalue weighted by Crippen LogP contribution is 2.23. The molecule has 5 N–H and O–H groups in total. The number of carboxylic acids is 1. The van der Waals surface area contributed by atoms with E-state index in [0.29, 0.717) is 11.7 Å². The van der Waals surface area contributed by atoms with E-state index in [-0.39, 0.29) is 18.1 Å². The fraction of sp³-hybridized carbons (Fsp3) is 0.550. The van der Waals surface area contributed by atoms with Crippen molar-refractivity contribution in [2.75, 3.05) is 6.54 Å². The van der Waals surface area contributed by atoms with Crippen molar-refractivity contribution in [3.63, 3.8) is 0 Å². The summed E-state index contributed by atoms with van der Waals surface area (Å²) in [5.74, 6) is -1.82. The number of rotatable bonds is 11. The lowest BCUT2D eigenvalue weighted by atomic mass is 10.0. The van der Waals surface area contributed by atoms with Crippen molar-refractivity contribution in [3.05, 3.63) is 29.8 Å². The summed E-state index contributed by atoms with van der Waals surface area (Å²) >= 11 is 1.76. The normalized spacial score (nSPS) is 18.0. The van der Waals surface area contributed by atoms with Crippen molar-refractivity contribution in [1.29, 1.82) is 0 Å². The summed E-state index contributed by atoms with van der Waals surface area (Å²) in [5, 5.41) is 24.2. The van der Waals surface area contributed by atoms with Crippen LogP contribution in [-0.4, -0.2) is 51.9 Å². The Morgan fingerprint density at radius 1 is 1.21 bits per heavy atom. The zero-order chi connectivity index (χ0) is 21.2. The minimum Gasteiger partial charge on any atom is -0.508 e. The van der Waals surface area contributed by atoms with E-state index in [9.17, 15) is 19.5 Å². The first-order chi connectivity index (χ1) is 13.8. The van der Waals surface area contributed by atoms with Gasteiger partial charge >= 0.3 is 5.97 Å². The van der Waals surface area contributed by atoms with Gasteiger partial charge in [-0.2, -0.15) is 0 Å². The van der Waals surface area contributed by atoms with Crippen LogP contribution in [0.15, 0.2) is 24.3 Å². The highest BCUT2D eigenvalue weighted by atomic mass is 32.2. The van der Waals surface area contributed by atoms with E-state index in [0.717, 1.165) is 37.8 Å². The Balaban J connectivity index is 1.88. The smallest absolute Gasteiger partial charge is 0.325 e. The zero-order valence-corrected chi connectivity index (χ0v) is 17.3. The molecule has 29 heavy (non-hydrogen) atoms. The molecule has 1 aliphatic rings. The van der Waals surface area contributed by atoms with Crippen molar-refractivity contribution < 1.29 is 24.6 Å². The number of hydrogen-bond acceptors (Lipinski definition) is 6. The van der Waals surface area contributed by atoms with Gasteiger partial charge in [0.15, 0.2) is 0 Å². The van der Waals surface area contributed by atoms with Crippen molar-refractivity contribution in [2.24, 2.45) is 0 Å². The average Bonchev–Trinajstić information content (AvgIpc) is 3.19. The molecular weight excluding hydrogens is 394 g/mol. The lowest BCUT2D eigenvalue weighted by molar-refractivity contribution is -0.141. The van der Waals surface area contributed by atoms with Crippen LogP contribution in [0, 0.1) is 0 Å². The van der Waals surface area contributed by atoms with Crippen LogP contribution < -0.4 is 15.4 Å². The quantitative estimate of drug-likeness (QED) is 0.270. The molecule has 3 atom stereocenters. The fourth-order valence-electron chi connectivity index (χ4n) is 3.04. The maximum absolute atomic E-state index is 12.5. The second-order valence-electron chi connectivity index (χ2n) is 7.23. The molecule has 0 spiro atoms. The van der Waals surface area contributed by atoms with E-state index < -0.39 is 24.0 Å². The van der Waals surface area contributed by atoms with Crippen LogP contribution in [0.2, 0.25) is 0 Å². The predicted octanol–water partition coefficient (Wildman–Crippen LogP) is 1.58. The van der Waals surface area contributed by atoms with E-state index in [1.54, 1.807) is 24.1 Å². The third-order valence-corrected chi connectivity index (χ3v) is 5.93. The maximum Gasteiger partial charge on any atom is 0.325 e. The second kappa shape index (κ2) is 11.7. The van der Waals surface area contributed by atoms with Gasteiger partial charge in [-0.05, 0) is 43.9 Å². The van der Waals surface area contributed by atoms with Crippen molar-refractivity contribution in [1.82, 2.24) is 15.4 Å². The summed E-state index contributed by atoms with van der Waals surface area (Å²) in [6, 6.07) is 4.39. The van der Waals surface area contributed by atoms with Crippen LogP contribution in [0.3, 0.4) is 0 Å². The Morgan fingerprint density at radius 3 is 2.55 bits per heavy atom. The van der Waals surface area contributed by atoms with Gasteiger partial charge in [0, 0.05) is 24.6 Å². The molecule has 1 aromatic rings. The van der Waals surface area contributed by atoms with Gasteiger partial charge in [0.1, 0.15) is 17.8 Å². The summed E-state index contributed by atoms with van der Waals surface area (Å²) in [7, 11) is 0. The molecule has 0 aromatic heterocycles.